The van der Waals surface area contributed by atoms with Gasteiger partial charge in [-0.25, -0.2) is 8.78 Å². The van der Waals surface area contributed by atoms with E-state index in [9.17, 15) is 8.78 Å². The minimum absolute atomic E-state index is 0.000556. The van der Waals surface area contributed by atoms with Gasteiger partial charge in [0.2, 0.25) is 0 Å². The second kappa shape index (κ2) is 4.78. The van der Waals surface area contributed by atoms with E-state index in [2.05, 4.69) is 5.32 Å². The molecule has 4 heteroatoms. The first-order valence-electron chi connectivity index (χ1n) is 5.46. The summed E-state index contributed by atoms with van der Waals surface area (Å²) in [5, 5.41) is 3.19. The average Bonchev–Trinajstić information content (AvgIpc) is 2.33. The van der Waals surface area contributed by atoms with Crippen LogP contribution in [0.3, 0.4) is 0 Å². The van der Waals surface area contributed by atoms with Gasteiger partial charge in [-0.3, -0.25) is 0 Å². The molecule has 1 fully saturated rings. The second-order valence-corrected chi connectivity index (χ2v) is 4.02. The van der Waals surface area contributed by atoms with E-state index in [4.69, 9.17) is 4.74 Å². The molecule has 0 amide bonds. The van der Waals surface area contributed by atoms with Crippen LogP contribution in [0.1, 0.15) is 24.3 Å². The van der Waals surface area contributed by atoms with Crippen molar-refractivity contribution < 1.29 is 13.5 Å². The number of methoxy groups -OCH3 is 1. The van der Waals surface area contributed by atoms with Crippen LogP contribution in [-0.2, 0) is 0 Å². The van der Waals surface area contributed by atoms with E-state index in [1.165, 1.54) is 13.2 Å². The summed E-state index contributed by atoms with van der Waals surface area (Å²) >= 11 is 0. The molecule has 1 aliphatic rings. The van der Waals surface area contributed by atoms with Gasteiger partial charge in [-0.05, 0) is 31.5 Å². The molecule has 1 atom stereocenters. The van der Waals surface area contributed by atoms with E-state index in [0.717, 1.165) is 25.5 Å². The molecule has 1 N–H and O–H groups in total. The van der Waals surface area contributed by atoms with Gasteiger partial charge in [0.05, 0.1) is 7.11 Å². The highest BCUT2D eigenvalue weighted by molar-refractivity contribution is 5.38. The Kier molecular flexibility index (Phi) is 3.39. The summed E-state index contributed by atoms with van der Waals surface area (Å²) in [6.07, 6.45) is 1.84. The van der Waals surface area contributed by atoms with E-state index < -0.39 is 11.6 Å². The van der Waals surface area contributed by atoms with Crippen LogP contribution in [-0.4, -0.2) is 20.2 Å². The topological polar surface area (TPSA) is 21.3 Å². The van der Waals surface area contributed by atoms with Crippen LogP contribution < -0.4 is 10.1 Å². The van der Waals surface area contributed by atoms with Crippen molar-refractivity contribution in [2.45, 2.75) is 18.8 Å². The molecule has 1 aliphatic heterocycles. The van der Waals surface area contributed by atoms with Crippen LogP contribution in [0.2, 0.25) is 0 Å². The molecule has 16 heavy (non-hydrogen) atoms. The van der Waals surface area contributed by atoms with Gasteiger partial charge >= 0.3 is 0 Å². The molecule has 0 saturated carbocycles. The number of rotatable bonds is 2. The monoisotopic (exact) mass is 227 g/mol. The molecule has 1 heterocycles. The maximum atomic E-state index is 13.8. The third-order valence-corrected chi connectivity index (χ3v) is 3.02. The Morgan fingerprint density at radius 3 is 2.81 bits per heavy atom. The van der Waals surface area contributed by atoms with Crippen molar-refractivity contribution in [1.82, 2.24) is 5.32 Å². The van der Waals surface area contributed by atoms with Crippen LogP contribution in [0.15, 0.2) is 12.1 Å². The summed E-state index contributed by atoms with van der Waals surface area (Å²) in [5.41, 5.74) is 0.370. The van der Waals surface area contributed by atoms with Gasteiger partial charge in [0.1, 0.15) is 5.75 Å². The summed E-state index contributed by atoms with van der Waals surface area (Å²) in [6, 6.07) is 2.59. The highest BCUT2D eigenvalue weighted by atomic mass is 19.2. The van der Waals surface area contributed by atoms with Crippen LogP contribution in [0.25, 0.3) is 0 Å². The number of ether oxygens (including phenoxy) is 1. The Morgan fingerprint density at radius 1 is 1.38 bits per heavy atom. The Bertz CT molecular complexity index is 376. The first kappa shape index (κ1) is 11.3. The number of halogens is 2. The van der Waals surface area contributed by atoms with Gasteiger partial charge in [0.25, 0.3) is 0 Å². The summed E-state index contributed by atoms with van der Waals surface area (Å²) in [6.45, 7) is 1.62. The molecule has 0 bridgehead atoms. The SMILES string of the molecule is COc1ccc(F)c(F)c1C1CCCNC1. The third-order valence-electron chi connectivity index (χ3n) is 3.02. The normalized spacial score (nSPS) is 20.8. The summed E-state index contributed by atoms with van der Waals surface area (Å²) in [4.78, 5) is 0. The van der Waals surface area contributed by atoms with E-state index in [1.54, 1.807) is 0 Å². The second-order valence-electron chi connectivity index (χ2n) is 4.02. The van der Waals surface area contributed by atoms with Crippen molar-refractivity contribution in [3.63, 3.8) is 0 Å². The summed E-state index contributed by atoms with van der Waals surface area (Å²) in [7, 11) is 1.48. The van der Waals surface area contributed by atoms with Crippen molar-refractivity contribution in [1.29, 1.82) is 0 Å². The first-order valence-corrected chi connectivity index (χ1v) is 5.46. The van der Waals surface area contributed by atoms with Gasteiger partial charge < -0.3 is 10.1 Å². The lowest BCUT2D eigenvalue weighted by Crippen LogP contribution is -2.29. The lowest BCUT2D eigenvalue weighted by Gasteiger charge is -2.25. The quantitative estimate of drug-likeness (QED) is 0.837. The van der Waals surface area contributed by atoms with Gasteiger partial charge in [0.15, 0.2) is 11.6 Å². The average molecular weight is 227 g/mol. The lowest BCUT2D eigenvalue weighted by molar-refractivity contribution is 0.374. The zero-order chi connectivity index (χ0) is 11.5. The Labute approximate surface area is 93.6 Å². The van der Waals surface area contributed by atoms with E-state index >= 15 is 0 Å². The molecule has 1 aromatic rings. The molecule has 1 unspecified atom stereocenters. The first-order chi connectivity index (χ1) is 7.74. The van der Waals surface area contributed by atoms with E-state index in [-0.39, 0.29) is 5.92 Å². The molecular formula is C12H15F2NO. The van der Waals surface area contributed by atoms with E-state index in [1.807, 2.05) is 0 Å². The zero-order valence-electron chi connectivity index (χ0n) is 9.22. The highest BCUT2D eigenvalue weighted by Crippen LogP contribution is 2.34. The predicted octanol–water partition coefficient (Wildman–Crippen LogP) is 2.44. The smallest absolute Gasteiger partial charge is 0.166 e. The van der Waals surface area contributed by atoms with Crippen LogP contribution >= 0.6 is 0 Å². The van der Waals surface area contributed by atoms with Gasteiger partial charge in [-0.2, -0.15) is 0 Å². The number of nitrogens with one attached hydrogen (secondary N) is 1. The van der Waals surface area contributed by atoms with Gasteiger partial charge in [-0.15, -0.1) is 0 Å². The largest absolute Gasteiger partial charge is 0.496 e. The van der Waals surface area contributed by atoms with Crippen LogP contribution in [0, 0.1) is 11.6 Å². The van der Waals surface area contributed by atoms with E-state index in [0.29, 0.717) is 17.9 Å². The lowest BCUT2D eigenvalue weighted by atomic mass is 9.90. The molecule has 1 saturated heterocycles. The maximum absolute atomic E-state index is 13.8. The predicted molar refractivity (Wildman–Crippen MR) is 57.8 cm³/mol. The maximum Gasteiger partial charge on any atom is 0.166 e. The molecule has 2 rings (SSSR count). The zero-order valence-corrected chi connectivity index (χ0v) is 9.22. The van der Waals surface area contributed by atoms with Crippen molar-refractivity contribution >= 4 is 0 Å². The standard InChI is InChI=1S/C12H15F2NO/c1-16-10-5-4-9(13)12(14)11(10)8-3-2-6-15-7-8/h4-5,8,15H,2-3,6-7H2,1H3. The number of piperidine rings is 1. The van der Waals surface area contributed by atoms with Crippen molar-refractivity contribution in [3.8, 4) is 5.75 Å². The van der Waals surface area contributed by atoms with Crippen molar-refractivity contribution in [2.75, 3.05) is 20.2 Å². The van der Waals surface area contributed by atoms with Gasteiger partial charge in [0, 0.05) is 18.0 Å². The van der Waals surface area contributed by atoms with Crippen molar-refractivity contribution in [3.05, 3.63) is 29.3 Å². The minimum Gasteiger partial charge on any atom is -0.496 e. The minimum atomic E-state index is -0.804. The summed E-state index contributed by atoms with van der Waals surface area (Å²) < 4.78 is 32.1. The fraction of sp³-hybridized carbons (Fsp3) is 0.500. The molecule has 2 nitrogen and oxygen atoms in total. The molecule has 0 radical (unpaired) electrons. The van der Waals surface area contributed by atoms with Crippen LogP contribution in [0.4, 0.5) is 8.78 Å². The summed E-state index contributed by atoms with van der Waals surface area (Å²) in [5.74, 6) is -1.14. The Morgan fingerprint density at radius 2 is 2.19 bits per heavy atom. The van der Waals surface area contributed by atoms with Crippen LogP contribution in [0.5, 0.6) is 5.75 Å². The molecular weight excluding hydrogens is 212 g/mol. The molecule has 1 aromatic carbocycles. The Hall–Kier alpha value is -1.16. The third kappa shape index (κ3) is 2.02. The highest BCUT2D eigenvalue weighted by Gasteiger charge is 2.24. The Balaban J connectivity index is 2.39. The van der Waals surface area contributed by atoms with Gasteiger partial charge in [-0.1, -0.05) is 0 Å². The molecule has 0 aromatic heterocycles. The number of hydrogen-bond acceptors (Lipinski definition) is 2. The fourth-order valence-electron chi connectivity index (χ4n) is 2.21. The molecule has 88 valence electrons. The number of hydrogen-bond donors (Lipinski definition) is 1. The number of benzene rings is 1. The molecule has 0 spiro atoms. The van der Waals surface area contributed by atoms with Crippen molar-refractivity contribution in [2.24, 2.45) is 0 Å². The molecule has 0 aliphatic carbocycles. The fourth-order valence-corrected chi connectivity index (χ4v) is 2.21.